The Morgan fingerprint density at radius 3 is 2.14 bits per heavy atom. The average molecular weight is 499 g/mol. The van der Waals surface area contributed by atoms with E-state index in [1.165, 1.54) is 0 Å². The van der Waals surface area contributed by atoms with Crippen LogP contribution in [0.3, 0.4) is 0 Å². The van der Waals surface area contributed by atoms with Crippen molar-refractivity contribution < 1.29 is 14.3 Å². The summed E-state index contributed by atoms with van der Waals surface area (Å²) >= 11 is 1.54. The van der Waals surface area contributed by atoms with E-state index in [0.29, 0.717) is 19.7 Å². The van der Waals surface area contributed by atoms with Gasteiger partial charge in [-0.3, -0.25) is 9.59 Å². The average Bonchev–Trinajstić information content (AvgIpc) is 3.42. The van der Waals surface area contributed by atoms with Crippen molar-refractivity contribution in [3.63, 3.8) is 0 Å². The number of hydrogen-bond acceptors (Lipinski definition) is 4. The first-order chi connectivity index (χ1) is 17.6. The van der Waals surface area contributed by atoms with E-state index < -0.39 is 6.04 Å². The number of carbonyl (C=O) groups excluding carboxylic acids is 2. The minimum atomic E-state index is -0.794. The van der Waals surface area contributed by atoms with Crippen LogP contribution >= 0.6 is 11.3 Å². The molecule has 0 aliphatic carbocycles. The van der Waals surface area contributed by atoms with Gasteiger partial charge in [0, 0.05) is 18.0 Å². The smallest absolute Gasteiger partial charge is 0.247 e. The van der Waals surface area contributed by atoms with Crippen molar-refractivity contribution in [2.75, 3.05) is 6.61 Å². The van der Waals surface area contributed by atoms with Gasteiger partial charge in [-0.2, -0.15) is 0 Å². The molecule has 4 rings (SSSR count). The molecule has 0 fully saturated rings. The molecular formula is C30H30N2O3S. The third-order valence-electron chi connectivity index (χ3n) is 5.80. The van der Waals surface area contributed by atoms with Crippen LogP contribution in [0.15, 0.2) is 102 Å². The molecule has 6 heteroatoms. The van der Waals surface area contributed by atoms with Crippen LogP contribution in [-0.2, 0) is 29.1 Å². The van der Waals surface area contributed by atoms with Crippen molar-refractivity contribution in [1.29, 1.82) is 0 Å². The van der Waals surface area contributed by atoms with Gasteiger partial charge >= 0.3 is 0 Å². The maximum absolute atomic E-state index is 13.7. The Morgan fingerprint density at radius 2 is 1.53 bits per heavy atom. The molecule has 1 aromatic heterocycles. The molecule has 184 valence electrons. The van der Waals surface area contributed by atoms with E-state index in [9.17, 15) is 9.59 Å². The molecule has 3 aromatic carbocycles. The molecule has 0 bridgehead atoms. The fourth-order valence-corrected chi connectivity index (χ4v) is 4.73. The summed E-state index contributed by atoms with van der Waals surface area (Å²) in [6.45, 7) is 3.19. The van der Waals surface area contributed by atoms with E-state index >= 15 is 0 Å². The number of carbonyl (C=O) groups is 2. The topological polar surface area (TPSA) is 58.6 Å². The monoisotopic (exact) mass is 498 g/mol. The number of hydrogen-bond donors (Lipinski definition) is 1. The molecule has 0 aliphatic rings. The van der Waals surface area contributed by atoms with Crippen molar-refractivity contribution in [2.45, 2.75) is 32.5 Å². The zero-order valence-electron chi connectivity index (χ0n) is 20.3. The Balaban J connectivity index is 1.67. The quantitative estimate of drug-likeness (QED) is 0.285. The Labute approximate surface area is 216 Å². The lowest BCUT2D eigenvalue weighted by atomic mass is 10.0. The van der Waals surface area contributed by atoms with Gasteiger partial charge in [0.05, 0.1) is 13.0 Å². The molecule has 1 atom stereocenters. The summed E-state index contributed by atoms with van der Waals surface area (Å²) in [5.74, 6) is 0.401. The van der Waals surface area contributed by atoms with Crippen LogP contribution in [0, 0.1) is 0 Å². The molecule has 0 saturated heterocycles. The van der Waals surface area contributed by atoms with Gasteiger partial charge in [-0.1, -0.05) is 78.9 Å². The van der Waals surface area contributed by atoms with E-state index in [2.05, 4.69) is 5.32 Å². The first kappa shape index (κ1) is 25.2. The van der Waals surface area contributed by atoms with E-state index in [1.807, 2.05) is 109 Å². The molecule has 1 heterocycles. The van der Waals surface area contributed by atoms with Crippen LogP contribution in [0.1, 0.15) is 34.5 Å². The summed E-state index contributed by atoms with van der Waals surface area (Å²) in [7, 11) is 0. The molecule has 5 nitrogen and oxygen atoms in total. The number of nitrogens with one attached hydrogen (secondary N) is 1. The van der Waals surface area contributed by atoms with Gasteiger partial charge in [0.15, 0.2) is 0 Å². The molecule has 0 unspecified atom stereocenters. The lowest BCUT2D eigenvalue weighted by Gasteiger charge is -2.32. The minimum absolute atomic E-state index is 0.102. The van der Waals surface area contributed by atoms with Crippen LogP contribution in [0.2, 0.25) is 0 Å². The third-order valence-corrected chi connectivity index (χ3v) is 6.67. The second-order valence-corrected chi connectivity index (χ2v) is 9.40. The van der Waals surface area contributed by atoms with Crippen LogP contribution in [0.5, 0.6) is 5.75 Å². The van der Waals surface area contributed by atoms with Crippen molar-refractivity contribution in [1.82, 2.24) is 10.2 Å². The van der Waals surface area contributed by atoms with Crippen LogP contribution in [0.4, 0.5) is 0 Å². The van der Waals surface area contributed by atoms with Gasteiger partial charge in [0.1, 0.15) is 11.8 Å². The standard InChI is InChI=1S/C30H30N2O3S/c1-2-35-26-17-15-25(16-18-26)29(30(34)31-21-23-10-5-3-6-11-23)32(22-24-12-7-4-8-13-24)28(33)20-27-14-9-19-36-27/h3-19,29H,2,20-22H2,1H3,(H,31,34)/t29-/m1/s1. The molecule has 2 amide bonds. The molecule has 0 radical (unpaired) electrons. The zero-order chi connectivity index (χ0) is 25.2. The normalized spacial score (nSPS) is 11.5. The highest BCUT2D eigenvalue weighted by atomic mass is 32.1. The summed E-state index contributed by atoms with van der Waals surface area (Å²) in [5.41, 5.74) is 2.69. The van der Waals surface area contributed by atoms with Gasteiger partial charge in [0.2, 0.25) is 11.8 Å². The van der Waals surface area contributed by atoms with E-state index in [-0.39, 0.29) is 18.2 Å². The van der Waals surface area contributed by atoms with Crippen molar-refractivity contribution >= 4 is 23.2 Å². The lowest BCUT2D eigenvalue weighted by molar-refractivity contribution is -0.141. The number of ether oxygens (including phenoxy) is 1. The van der Waals surface area contributed by atoms with Crippen LogP contribution in [-0.4, -0.2) is 23.3 Å². The predicted octanol–water partition coefficient (Wildman–Crippen LogP) is 5.78. The summed E-state index contributed by atoms with van der Waals surface area (Å²) < 4.78 is 5.60. The fourth-order valence-electron chi connectivity index (χ4n) is 4.03. The number of thiophene rings is 1. The molecule has 0 aliphatic heterocycles. The Bertz CT molecular complexity index is 1230. The number of benzene rings is 3. The summed E-state index contributed by atoms with van der Waals surface area (Å²) in [4.78, 5) is 30.1. The second-order valence-electron chi connectivity index (χ2n) is 8.37. The van der Waals surface area contributed by atoms with E-state index in [4.69, 9.17) is 4.74 Å². The number of nitrogens with zero attached hydrogens (tertiary/aromatic N) is 1. The van der Waals surface area contributed by atoms with Gasteiger partial charge < -0.3 is 15.0 Å². The largest absolute Gasteiger partial charge is 0.494 e. The van der Waals surface area contributed by atoms with Gasteiger partial charge in [-0.15, -0.1) is 11.3 Å². The highest BCUT2D eigenvalue weighted by molar-refractivity contribution is 7.10. The molecule has 0 spiro atoms. The van der Waals surface area contributed by atoms with E-state index in [0.717, 1.165) is 27.3 Å². The molecule has 1 N–H and O–H groups in total. The van der Waals surface area contributed by atoms with Gasteiger partial charge in [0.25, 0.3) is 0 Å². The van der Waals surface area contributed by atoms with Crippen LogP contribution in [0.25, 0.3) is 0 Å². The number of rotatable bonds is 11. The molecular weight excluding hydrogens is 468 g/mol. The number of amides is 2. The fraction of sp³-hybridized carbons (Fsp3) is 0.200. The Kier molecular flexibility index (Phi) is 8.89. The van der Waals surface area contributed by atoms with Gasteiger partial charge in [-0.05, 0) is 47.2 Å². The Hall–Kier alpha value is -3.90. The minimum Gasteiger partial charge on any atom is -0.494 e. The molecule has 0 saturated carbocycles. The Morgan fingerprint density at radius 1 is 0.861 bits per heavy atom. The zero-order valence-corrected chi connectivity index (χ0v) is 21.1. The molecule has 36 heavy (non-hydrogen) atoms. The maximum atomic E-state index is 13.7. The highest BCUT2D eigenvalue weighted by Gasteiger charge is 2.31. The lowest BCUT2D eigenvalue weighted by Crippen LogP contribution is -2.43. The highest BCUT2D eigenvalue weighted by Crippen LogP contribution is 2.27. The molecule has 4 aromatic rings. The van der Waals surface area contributed by atoms with Crippen molar-refractivity contribution in [2.24, 2.45) is 0 Å². The predicted molar refractivity (Wildman–Crippen MR) is 144 cm³/mol. The first-order valence-corrected chi connectivity index (χ1v) is 12.9. The van der Waals surface area contributed by atoms with E-state index in [1.54, 1.807) is 16.2 Å². The third kappa shape index (κ3) is 6.83. The second kappa shape index (κ2) is 12.7. The SMILES string of the molecule is CCOc1ccc([C@H](C(=O)NCc2ccccc2)N(Cc2ccccc2)C(=O)Cc2cccs2)cc1. The van der Waals surface area contributed by atoms with Gasteiger partial charge in [-0.25, -0.2) is 0 Å². The summed E-state index contributed by atoms with van der Waals surface area (Å²) in [5, 5.41) is 5.01. The maximum Gasteiger partial charge on any atom is 0.247 e. The summed E-state index contributed by atoms with van der Waals surface area (Å²) in [6.07, 6.45) is 0.240. The van der Waals surface area contributed by atoms with Crippen LogP contribution < -0.4 is 10.1 Å². The van der Waals surface area contributed by atoms with Crippen molar-refractivity contribution in [3.8, 4) is 5.75 Å². The first-order valence-electron chi connectivity index (χ1n) is 12.0. The van der Waals surface area contributed by atoms with Crippen molar-refractivity contribution in [3.05, 3.63) is 124 Å². The summed E-state index contributed by atoms with van der Waals surface area (Å²) in [6, 6.07) is 30.1.